The highest BCUT2D eigenvalue weighted by Gasteiger charge is 2.34. The second-order valence-corrected chi connectivity index (χ2v) is 4.04. The van der Waals surface area contributed by atoms with E-state index in [2.05, 4.69) is 9.97 Å². The Balaban J connectivity index is 3.11. The minimum absolute atomic E-state index is 0.0735. The highest BCUT2D eigenvalue weighted by molar-refractivity contribution is 5.44. The molecule has 1 aromatic rings. The van der Waals surface area contributed by atoms with Gasteiger partial charge in [-0.3, -0.25) is 0 Å². The second kappa shape index (κ2) is 5.73. The molecule has 104 valence electrons. The normalized spacial score (nSPS) is 12.8. The molecule has 0 spiro atoms. The van der Waals surface area contributed by atoms with E-state index in [0.29, 0.717) is 6.54 Å². The average molecular weight is 273 g/mol. The van der Waals surface area contributed by atoms with Crippen LogP contribution < -0.4 is 10.6 Å². The third-order valence-corrected chi connectivity index (χ3v) is 2.44. The summed E-state index contributed by atoms with van der Waals surface area (Å²) in [6, 6.07) is 2.86. The smallest absolute Gasteiger partial charge is 0.368 e. The fraction of sp³-hybridized carbons (Fsp3) is 0.545. The molecule has 0 saturated carbocycles. The molecule has 0 aromatic carbocycles. The van der Waals surface area contributed by atoms with Gasteiger partial charge in [0.05, 0.1) is 12.0 Å². The number of aromatic nitrogens is 2. The first-order valence-corrected chi connectivity index (χ1v) is 5.64. The first-order chi connectivity index (χ1) is 8.77. The molecule has 5 nitrogen and oxygen atoms in total. The molecule has 2 N–H and O–H groups in total. The molecule has 8 heteroatoms. The summed E-state index contributed by atoms with van der Waals surface area (Å²) in [5.74, 6) is -0.692. The van der Waals surface area contributed by atoms with E-state index in [1.165, 1.54) is 0 Å². The Morgan fingerprint density at radius 1 is 1.47 bits per heavy atom. The topological polar surface area (TPSA) is 78.8 Å². The summed E-state index contributed by atoms with van der Waals surface area (Å²) >= 11 is 0. The molecule has 1 heterocycles. The van der Waals surface area contributed by atoms with Gasteiger partial charge in [0, 0.05) is 19.2 Å². The highest BCUT2D eigenvalue weighted by atomic mass is 19.4. The Hall–Kier alpha value is -2.04. The van der Waals surface area contributed by atoms with Gasteiger partial charge in [0.2, 0.25) is 5.95 Å². The largest absolute Gasteiger partial charge is 0.433 e. The van der Waals surface area contributed by atoms with Crippen LogP contribution in [0.5, 0.6) is 0 Å². The summed E-state index contributed by atoms with van der Waals surface area (Å²) in [5, 5.41) is 8.75. The number of hydrogen-bond donors (Lipinski definition) is 1. The van der Waals surface area contributed by atoms with Crippen LogP contribution in [0.2, 0.25) is 0 Å². The number of nitrogen functional groups attached to an aromatic ring is 1. The summed E-state index contributed by atoms with van der Waals surface area (Å²) in [4.78, 5) is 8.52. The SMILES string of the molecule is CCN(CC(C)C#N)c1cc(C(F)(F)F)nc(N)n1. The van der Waals surface area contributed by atoms with Gasteiger partial charge < -0.3 is 10.6 Å². The van der Waals surface area contributed by atoms with Gasteiger partial charge in [0.25, 0.3) is 0 Å². The lowest BCUT2D eigenvalue weighted by Crippen LogP contribution is -2.29. The van der Waals surface area contributed by atoms with E-state index in [1.807, 2.05) is 6.07 Å². The summed E-state index contributed by atoms with van der Waals surface area (Å²) in [6.45, 7) is 4.13. The minimum Gasteiger partial charge on any atom is -0.368 e. The fourth-order valence-corrected chi connectivity index (χ4v) is 1.52. The number of nitriles is 1. The van der Waals surface area contributed by atoms with Crippen molar-refractivity contribution < 1.29 is 13.2 Å². The van der Waals surface area contributed by atoms with Crippen molar-refractivity contribution in [2.45, 2.75) is 20.0 Å². The average Bonchev–Trinajstić information content (AvgIpc) is 2.33. The van der Waals surface area contributed by atoms with E-state index >= 15 is 0 Å². The van der Waals surface area contributed by atoms with Crippen LogP contribution >= 0.6 is 0 Å². The number of rotatable bonds is 4. The molecule has 0 aliphatic heterocycles. The number of alkyl halides is 3. The maximum atomic E-state index is 12.6. The Bertz CT molecular complexity index is 480. The van der Waals surface area contributed by atoms with E-state index in [9.17, 15) is 13.2 Å². The maximum absolute atomic E-state index is 12.6. The first-order valence-electron chi connectivity index (χ1n) is 5.64. The van der Waals surface area contributed by atoms with E-state index in [0.717, 1.165) is 6.07 Å². The van der Waals surface area contributed by atoms with Crippen LogP contribution in [-0.4, -0.2) is 23.1 Å². The molecule has 19 heavy (non-hydrogen) atoms. The lowest BCUT2D eigenvalue weighted by atomic mass is 10.2. The lowest BCUT2D eigenvalue weighted by molar-refractivity contribution is -0.141. The predicted molar refractivity (Wildman–Crippen MR) is 64.1 cm³/mol. The van der Waals surface area contributed by atoms with Crippen LogP contribution in [0.3, 0.4) is 0 Å². The van der Waals surface area contributed by atoms with Crippen LogP contribution in [-0.2, 0) is 6.18 Å². The highest BCUT2D eigenvalue weighted by Crippen LogP contribution is 2.30. The van der Waals surface area contributed by atoms with Crippen molar-refractivity contribution >= 4 is 11.8 Å². The molecule has 0 radical (unpaired) electrons. The van der Waals surface area contributed by atoms with Gasteiger partial charge in [-0.05, 0) is 13.8 Å². The number of hydrogen-bond acceptors (Lipinski definition) is 5. The van der Waals surface area contributed by atoms with Crippen molar-refractivity contribution in [1.82, 2.24) is 9.97 Å². The number of anilines is 2. The first kappa shape index (κ1) is 15.0. The summed E-state index contributed by atoms with van der Waals surface area (Å²) in [6.07, 6.45) is -4.58. The van der Waals surface area contributed by atoms with Gasteiger partial charge in [-0.15, -0.1) is 0 Å². The predicted octanol–water partition coefficient (Wildman–Crippen LogP) is 2.06. The van der Waals surface area contributed by atoms with Gasteiger partial charge in [0.1, 0.15) is 5.82 Å². The van der Waals surface area contributed by atoms with Crippen LogP contribution in [0.1, 0.15) is 19.5 Å². The Kier molecular flexibility index (Phi) is 4.53. The number of halogens is 3. The molecule has 0 aliphatic carbocycles. The van der Waals surface area contributed by atoms with Gasteiger partial charge in [-0.25, -0.2) is 4.98 Å². The summed E-state index contributed by atoms with van der Waals surface area (Å²) < 4.78 is 37.9. The Morgan fingerprint density at radius 3 is 2.58 bits per heavy atom. The van der Waals surface area contributed by atoms with Crippen molar-refractivity contribution in [1.29, 1.82) is 5.26 Å². The Labute approximate surface area is 108 Å². The quantitative estimate of drug-likeness (QED) is 0.908. The van der Waals surface area contributed by atoms with Crippen LogP contribution in [0, 0.1) is 17.2 Å². The summed E-state index contributed by atoms with van der Waals surface area (Å²) in [5.41, 5.74) is 4.21. The number of nitrogens with zero attached hydrogens (tertiary/aromatic N) is 4. The van der Waals surface area contributed by atoms with Crippen molar-refractivity contribution in [3.8, 4) is 6.07 Å². The van der Waals surface area contributed by atoms with Gasteiger partial charge in [-0.2, -0.15) is 23.4 Å². The molecular weight excluding hydrogens is 259 g/mol. The van der Waals surface area contributed by atoms with Crippen molar-refractivity contribution in [3.63, 3.8) is 0 Å². The van der Waals surface area contributed by atoms with Gasteiger partial charge in [0.15, 0.2) is 5.69 Å². The molecule has 1 unspecified atom stereocenters. The molecule has 1 rings (SSSR count). The van der Waals surface area contributed by atoms with E-state index in [-0.39, 0.29) is 18.3 Å². The lowest BCUT2D eigenvalue weighted by Gasteiger charge is -2.23. The van der Waals surface area contributed by atoms with Gasteiger partial charge in [-0.1, -0.05) is 0 Å². The molecular formula is C11H14F3N5. The maximum Gasteiger partial charge on any atom is 0.433 e. The fourth-order valence-electron chi connectivity index (χ4n) is 1.52. The zero-order valence-corrected chi connectivity index (χ0v) is 10.6. The second-order valence-electron chi connectivity index (χ2n) is 4.04. The zero-order valence-electron chi connectivity index (χ0n) is 10.6. The summed E-state index contributed by atoms with van der Waals surface area (Å²) in [7, 11) is 0. The molecule has 0 saturated heterocycles. The molecule has 0 aliphatic rings. The van der Waals surface area contributed by atoms with Crippen LogP contribution in [0.25, 0.3) is 0 Å². The van der Waals surface area contributed by atoms with E-state index in [1.54, 1.807) is 18.7 Å². The number of nitrogens with two attached hydrogens (primary N) is 1. The van der Waals surface area contributed by atoms with Crippen LogP contribution in [0.15, 0.2) is 6.07 Å². The third-order valence-electron chi connectivity index (χ3n) is 2.44. The zero-order chi connectivity index (χ0) is 14.6. The standard InChI is InChI=1S/C11H14F3N5/c1-3-19(6-7(2)5-15)9-4-8(11(12,13)14)17-10(16)18-9/h4,7H,3,6H2,1-2H3,(H2,16,17,18). The van der Waals surface area contributed by atoms with Crippen LogP contribution in [0.4, 0.5) is 24.9 Å². The molecule has 0 bridgehead atoms. The van der Waals surface area contributed by atoms with Gasteiger partial charge >= 0.3 is 6.18 Å². The molecule has 1 atom stereocenters. The molecule has 1 aromatic heterocycles. The third kappa shape index (κ3) is 3.98. The van der Waals surface area contributed by atoms with E-state index < -0.39 is 17.8 Å². The monoisotopic (exact) mass is 273 g/mol. The minimum atomic E-state index is -4.58. The van der Waals surface area contributed by atoms with Crippen molar-refractivity contribution in [2.75, 3.05) is 23.7 Å². The molecule has 0 amide bonds. The van der Waals surface area contributed by atoms with Crippen molar-refractivity contribution in [2.24, 2.45) is 5.92 Å². The van der Waals surface area contributed by atoms with Crippen molar-refractivity contribution in [3.05, 3.63) is 11.8 Å². The Morgan fingerprint density at radius 2 is 2.11 bits per heavy atom. The van der Waals surface area contributed by atoms with E-state index in [4.69, 9.17) is 11.0 Å². The molecule has 0 fully saturated rings.